The highest BCUT2D eigenvalue weighted by atomic mass is 16.1. The summed E-state index contributed by atoms with van der Waals surface area (Å²) in [5.41, 5.74) is 10.8. The lowest BCUT2D eigenvalue weighted by molar-refractivity contribution is -0.114. The summed E-state index contributed by atoms with van der Waals surface area (Å²) in [6, 6.07) is 13.6. The number of carbonyl (C=O) groups excluding carboxylic acids is 1. The number of rotatable bonds is 2. The molecule has 3 nitrogen and oxygen atoms in total. The van der Waals surface area contributed by atoms with Crippen LogP contribution in [-0.2, 0) is 4.79 Å². The van der Waals surface area contributed by atoms with E-state index in [0.717, 1.165) is 22.5 Å². The highest BCUT2D eigenvalue weighted by Crippen LogP contribution is 2.27. The van der Waals surface area contributed by atoms with Crippen molar-refractivity contribution in [1.82, 2.24) is 0 Å². The number of hydrogen-bond donors (Lipinski definition) is 2. The summed E-state index contributed by atoms with van der Waals surface area (Å²) >= 11 is 0. The molecule has 0 spiro atoms. The Bertz CT molecular complexity index is 574. The van der Waals surface area contributed by atoms with Crippen LogP contribution < -0.4 is 11.1 Å². The second kappa shape index (κ2) is 4.92. The fourth-order valence-corrected chi connectivity index (χ4v) is 1.86. The van der Waals surface area contributed by atoms with Gasteiger partial charge >= 0.3 is 0 Å². The Morgan fingerprint density at radius 1 is 1.11 bits per heavy atom. The van der Waals surface area contributed by atoms with Crippen molar-refractivity contribution in [3.8, 4) is 11.1 Å². The van der Waals surface area contributed by atoms with E-state index in [4.69, 9.17) is 5.73 Å². The number of carbonyl (C=O) groups is 1. The third-order valence-electron chi connectivity index (χ3n) is 2.73. The Morgan fingerprint density at radius 2 is 1.78 bits per heavy atom. The molecule has 0 aliphatic carbocycles. The van der Waals surface area contributed by atoms with Crippen molar-refractivity contribution in [3.63, 3.8) is 0 Å². The zero-order chi connectivity index (χ0) is 13.1. The molecule has 0 saturated carbocycles. The van der Waals surface area contributed by atoms with Crippen LogP contribution in [0.2, 0.25) is 0 Å². The van der Waals surface area contributed by atoms with Gasteiger partial charge in [-0.3, -0.25) is 4.79 Å². The van der Waals surface area contributed by atoms with Crippen LogP contribution in [0.4, 0.5) is 11.4 Å². The predicted molar refractivity (Wildman–Crippen MR) is 75.3 cm³/mol. The summed E-state index contributed by atoms with van der Waals surface area (Å²) in [7, 11) is 0. The largest absolute Gasteiger partial charge is 0.398 e. The average molecular weight is 240 g/mol. The number of nitrogen functional groups attached to an aromatic ring is 1. The molecule has 3 N–H and O–H groups in total. The molecule has 0 bridgehead atoms. The monoisotopic (exact) mass is 240 g/mol. The molecule has 0 atom stereocenters. The molecule has 2 aromatic rings. The number of amides is 1. The van der Waals surface area contributed by atoms with E-state index >= 15 is 0 Å². The Morgan fingerprint density at radius 3 is 2.39 bits per heavy atom. The first-order valence-electron chi connectivity index (χ1n) is 5.80. The number of anilines is 2. The first kappa shape index (κ1) is 12.2. The molecule has 92 valence electrons. The molecule has 0 aliphatic rings. The van der Waals surface area contributed by atoms with Gasteiger partial charge in [-0.2, -0.15) is 0 Å². The van der Waals surface area contributed by atoms with Gasteiger partial charge < -0.3 is 11.1 Å². The van der Waals surface area contributed by atoms with E-state index < -0.39 is 0 Å². The van der Waals surface area contributed by atoms with Crippen LogP contribution in [0.15, 0.2) is 42.5 Å². The lowest BCUT2D eigenvalue weighted by Gasteiger charge is -2.08. The van der Waals surface area contributed by atoms with Crippen molar-refractivity contribution >= 4 is 17.3 Å². The van der Waals surface area contributed by atoms with E-state index in [9.17, 15) is 4.79 Å². The standard InChI is InChI=1S/C15H16N2O/c1-10-3-8-15(16)14(9-10)12-4-6-13(7-5-12)17-11(2)18/h3-9H,16H2,1-2H3,(H,17,18). The van der Waals surface area contributed by atoms with Crippen LogP contribution in [0.3, 0.4) is 0 Å². The summed E-state index contributed by atoms with van der Waals surface area (Å²) in [5, 5.41) is 2.74. The van der Waals surface area contributed by atoms with Crippen molar-refractivity contribution in [2.45, 2.75) is 13.8 Å². The number of aryl methyl sites for hydroxylation is 1. The Balaban J connectivity index is 2.34. The van der Waals surface area contributed by atoms with Gasteiger partial charge in [0.15, 0.2) is 0 Å². The third kappa shape index (κ3) is 2.69. The summed E-state index contributed by atoms with van der Waals surface area (Å²) in [4.78, 5) is 10.9. The minimum absolute atomic E-state index is 0.0715. The lowest BCUT2D eigenvalue weighted by Crippen LogP contribution is -2.05. The van der Waals surface area contributed by atoms with Crippen molar-refractivity contribution in [2.24, 2.45) is 0 Å². The fraction of sp³-hybridized carbons (Fsp3) is 0.133. The number of benzene rings is 2. The molecule has 2 aromatic carbocycles. The quantitative estimate of drug-likeness (QED) is 0.792. The molecule has 0 aliphatic heterocycles. The average Bonchev–Trinajstić information content (AvgIpc) is 2.33. The highest BCUT2D eigenvalue weighted by Gasteiger charge is 2.03. The Labute approximate surface area is 107 Å². The molecule has 18 heavy (non-hydrogen) atoms. The van der Waals surface area contributed by atoms with Gasteiger partial charge in [0, 0.05) is 23.9 Å². The minimum Gasteiger partial charge on any atom is -0.398 e. The van der Waals surface area contributed by atoms with E-state index in [-0.39, 0.29) is 5.91 Å². The Hall–Kier alpha value is -2.29. The molecule has 0 unspecified atom stereocenters. The first-order chi connectivity index (χ1) is 8.56. The maximum atomic E-state index is 10.9. The van der Waals surface area contributed by atoms with Crippen LogP contribution >= 0.6 is 0 Å². The van der Waals surface area contributed by atoms with E-state index in [0.29, 0.717) is 0 Å². The second-order valence-corrected chi connectivity index (χ2v) is 4.35. The lowest BCUT2D eigenvalue weighted by atomic mass is 10.0. The number of hydrogen-bond acceptors (Lipinski definition) is 2. The fourth-order valence-electron chi connectivity index (χ4n) is 1.86. The number of nitrogens with two attached hydrogens (primary N) is 1. The van der Waals surface area contributed by atoms with Crippen molar-refractivity contribution in [3.05, 3.63) is 48.0 Å². The molecular formula is C15H16N2O. The molecular weight excluding hydrogens is 224 g/mol. The molecule has 2 rings (SSSR count). The van der Waals surface area contributed by atoms with Gasteiger partial charge in [-0.15, -0.1) is 0 Å². The molecule has 1 amide bonds. The predicted octanol–water partition coefficient (Wildman–Crippen LogP) is 3.20. The van der Waals surface area contributed by atoms with Gasteiger partial charge in [-0.1, -0.05) is 23.8 Å². The SMILES string of the molecule is CC(=O)Nc1ccc(-c2cc(C)ccc2N)cc1. The van der Waals surface area contributed by atoms with Gasteiger partial charge in [0.25, 0.3) is 0 Å². The van der Waals surface area contributed by atoms with Crippen molar-refractivity contribution in [2.75, 3.05) is 11.1 Å². The number of nitrogens with one attached hydrogen (secondary N) is 1. The van der Waals surface area contributed by atoms with Crippen LogP contribution in [0.1, 0.15) is 12.5 Å². The van der Waals surface area contributed by atoms with Crippen molar-refractivity contribution in [1.29, 1.82) is 0 Å². The molecule has 3 heteroatoms. The van der Waals surface area contributed by atoms with Gasteiger partial charge in [-0.05, 0) is 36.8 Å². The summed E-state index contributed by atoms with van der Waals surface area (Å²) in [6.07, 6.45) is 0. The summed E-state index contributed by atoms with van der Waals surface area (Å²) in [6.45, 7) is 3.53. The molecule has 0 heterocycles. The molecule has 0 saturated heterocycles. The summed E-state index contributed by atoms with van der Waals surface area (Å²) in [5.74, 6) is -0.0715. The summed E-state index contributed by atoms with van der Waals surface area (Å²) < 4.78 is 0. The third-order valence-corrected chi connectivity index (χ3v) is 2.73. The van der Waals surface area contributed by atoms with E-state index in [2.05, 4.69) is 11.4 Å². The Kier molecular flexibility index (Phi) is 3.33. The smallest absolute Gasteiger partial charge is 0.221 e. The zero-order valence-electron chi connectivity index (χ0n) is 10.5. The van der Waals surface area contributed by atoms with Gasteiger partial charge in [0.1, 0.15) is 0 Å². The van der Waals surface area contributed by atoms with Crippen LogP contribution in [0.5, 0.6) is 0 Å². The molecule has 0 fully saturated rings. The second-order valence-electron chi connectivity index (χ2n) is 4.35. The van der Waals surface area contributed by atoms with Crippen molar-refractivity contribution < 1.29 is 4.79 Å². The van der Waals surface area contributed by atoms with Gasteiger partial charge in [-0.25, -0.2) is 0 Å². The molecule has 0 radical (unpaired) electrons. The molecule has 0 aromatic heterocycles. The van der Waals surface area contributed by atoms with Gasteiger partial charge in [0.05, 0.1) is 0 Å². The van der Waals surface area contributed by atoms with Crippen LogP contribution in [0, 0.1) is 6.92 Å². The zero-order valence-corrected chi connectivity index (χ0v) is 10.5. The topological polar surface area (TPSA) is 55.1 Å². The van der Waals surface area contributed by atoms with Crippen LogP contribution in [-0.4, -0.2) is 5.91 Å². The first-order valence-corrected chi connectivity index (χ1v) is 5.80. The normalized spacial score (nSPS) is 10.1. The van der Waals surface area contributed by atoms with E-state index in [1.165, 1.54) is 12.5 Å². The van der Waals surface area contributed by atoms with Gasteiger partial charge in [0.2, 0.25) is 5.91 Å². The van der Waals surface area contributed by atoms with Crippen LogP contribution in [0.25, 0.3) is 11.1 Å². The highest BCUT2D eigenvalue weighted by molar-refractivity contribution is 5.89. The van der Waals surface area contributed by atoms with E-state index in [1.54, 1.807) is 0 Å². The minimum atomic E-state index is -0.0715. The maximum absolute atomic E-state index is 10.9. The van der Waals surface area contributed by atoms with E-state index in [1.807, 2.05) is 43.3 Å². The maximum Gasteiger partial charge on any atom is 0.221 e.